The Morgan fingerprint density at radius 1 is 1.13 bits per heavy atom. The van der Waals surface area contributed by atoms with Crippen LogP contribution in [0.15, 0.2) is 47.3 Å². The van der Waals surface area contributed by atoms with Crippen molar-refractivity contribution in [2.45, 2.75) is 13.0 Å². The number of nitrogens with two attached hydrogens (primary N) is 1. The van der Waals surface area contributed by atoms with E-state index in [0.717, 1.165) is 34.2 Å². The summed E-state index contributed by atoms with van der Waals surface area (Å²) < 4.78 is 1.77. The van der Waals surface area contributed by atoms with E-state index in [1.165, 1.54) is 5.56 Å². The number of fused-ring (bicyclic) bond motifs is 6. The minimum Gasteiger partial charge on any atom is -0.399 e. The van der Waals surface area contributed by atoms with Crippen LogP contribution < -0.4 is 11.3 Å². The summed E-state index contributed by atoms with van der Waals surface area (Å²) in [6.45, 7) is 0.640. The van der Waals surface area contributed by atoms with Crippen molar-refractivity contribution in [3.05, 3.63) is 58.4 Å². The van der Waals surface area contributed by atoms with Gasteiger partial charge in [-0.3, -0.25) is 9.36 Å². The smallest absolute Gasteiger partial charge is 0.261 e. The van der Waals surface area contributed by atoms with Crippen molar-refractivity contribution in [1.82, 2.24) is 14.5 Å². The van der Waals surface area contributed by atoms with Crippen molar-refractivity contribution in [2.75, 3.05) is 5.73 Å². The van der Waals surface area contributed by atoms with Gasteiger partial charge in [0.25, 0.3) is 5.56 Å². The van der Waals surface area contributed by atoms with Crippen LogP contribution in [-0.2, 0) is 13.0 Å². The Morgan fingerprint density at radius 3 is 2.91 bits per heavy atom. The summed E-state index contributed by atoms with van der Waals surface area (Å²) in [6.07, 6.45) is 0.797. The molecule has 2 aromatic heterocycles. The Kier molecular flexibility index (Phi) is 2.29. The largest absolute Gasteiger partial charge is 0.399 e. The van der Waals surface area contributed by atoms with Crippen LogP contribution in [0.25, 0.3) is 33.3 Å². The first kappa shape index (κ1) is 12.5. The molecule has 0 amide bonds. The SMILES string of the molecule is Nc1ccc2[nH]c3c(c2c1)CCn1c-3nc2ccccc2c1=O. The van der Waals surface area contributed by atoms with Crippen LogP contribution in [0, 0.1) is 0 Å². The van der Waals surface area contributed by atoms with Crippen LogP contribution in [0.5, 0.6) is 0 Å². The normalized spacial score (nSPS) is 13.2. The van der Waals surface area contributed by atoms with Crippen LogP contribution in [-0.4, -0.2) is 14.5 Å². The first-order valence-corrected chi connectivity index (χ1v) is 7.62. The number of hydrogen-bond donors (Lipinski definition) is 2. The van der Waals surface area contributed by atoms with E-state index in [9.17, 15) is 4.79 Å². The number of aromatic nitrogens is 3. The number of nitrogens with one attached hydrogen (secondary N) is 1. The fourth-order valence-corrected chi connectivity index (χ4v) is 3.51. The van der Waals surface area contributed by atoms with Gasteiger partial charge in [0.2, 0.25) is 0 Å². The van der Waals surface area contributed by atoms with Crippen molar-refractivity contribution in [3.8, 4) is 11.5 Å². The molecule has 2 aromatic carbocycles. The fraction of sp³-hybridized carbons (Fsp3) is 0.111. The third kappa shape index (κ3) is 1.61. The lowest BCUT2D eigenvalue weighted by atomic mass is 10.0. The van der Waals surface area contributed by atoms with E-state index in [4.69, 9.17) is 10.7 Å². The Morgan fingerprint density at radius 2 is 2.00 bits per heavy atom. The maximum atomic E-state index is 12.7. The molecular weight excluding hydrogens is 288 g/mol. The molecule has 5 heteroatoms. The van der Waals surface area contributed by atoms with Crippen molar-refractivity contribution in [3.63, 3.8) is 0 Å². The number of hydrogen-bond acceptors (Lipinski definition) is 3. The van der Waals surface area contributed by atoms with Crippen LogP contribution in [0.1, 0.15) is 5.56 Å². The van der Waals surface area contributed by atoms with E-state index >= 15 is 0 Å². The predicted molar refractivity (Wildman–Crippen MR) is 91.4 cm³/mol. The van der Waals surface area contributed by atoms with Crippen LogP contribution in [0.2, 0.25) is 0 Å². The van der Waals surface area contributed by atoms with Gasteiger partial charge in [-0.1, -0.05) is 12.1 Å². The zero-order valence-electron chi connectivity index (χ0n) is 12.3. The summed E-state index contributed by atoms with van der Waals surface area (Å²) in [5.74, 6) is 0.713. The van der Waals surface area contributed by atoms with Gasteiger partial charge in [-0.2, -0.15) is 0 Å². The van der Waals surface area contributed by atoms with E-state index in [1.807, 2.05) is 42.5 Å². The number of anilines is 1. The van der Waals surface area contributed by atoms with Crippen LogP contribution >= 0.6 is 0 Å². The molecule has 3 heterocycles. The topological polar surface area (TPSA) is 76.7 Å². The second kappa shape index (κ2) is 4.23. The van der Waals surface area contributed by atoms with E-state index in [1.54, 1.807) is 4.57 Å². The molecule has 4 aromatic rings. The van der Waals surface area contributed by atoms with Gasteiger partial charge >= 0.3 is 0 Å². The highest BCUT2D eigenvalue weighted by Gasteiger charge is 2.23. The molecule has 0 radical (unpaired) electrons. The molecule has 0 bridgehead atoms. The van der Waals surface area contributed by atoms with E-state index in [2.05, 4.69) is 4.98 Å². The third-order valence-electron chi connectivity index (χ3n) is 4.60. The highest BCUT2D eigenvalue weighted by molar-refractivity contribution is 5.93. The average Bonchev–Trinajstić information content (AvgIpc) is 2.93. The molecule has 23 heavy (non-hydrogen) atoms. The molecule has 1 aliphatic heterocycles. The van der Waals surface area contributed by atoms with Gasteiger partial charge in [0.1, 0.15) is 0 Å². The molecule has 5 rings (SSSR count). The summed E-state index contributed by atoms with van der Waals surface area (Å²) >= 11 is 0. The Balaban J connectivity index is 1.90. The number of nitrogens with zero attached hydrogens (tertiary/aromatic N) is 2. The van der Waals surface area contributed by atoms with Gasteiger partial charge in [-0.15, -0.1) is 0 Å². The highest BCUT2D eigenvalue weighted by Crippen LogP contribution is 2.34. The molecule has 0 aliphatic carbocycles. The zero-order chi connectivity index (χ0) is 15.6. The molecular formula is C18H14N4O. The fourth-order valence-electron chi connectivity index (χ4n) is 3.51. The average molecular weight is 302 g/mol. The number of rotatable bonds is 0. The van der Waals surface area contributed by atoms with E-state index in [-0.39, 0.29) is 5.56 Å². The Bertz CT molecular complexity index is 1150. The first-order chi connectivity index (χ1) is 11.2. The quantitative estimate of drug-likeness (QED) is 0.490. The van der Waals surface area contributed by atoms with E-state index in [0.29, 0.717) is 17.8 Å². The zero-order valence-corrected chi connectivity index (χ0v) is 12.3. The minimum absolute atomic E-state index is 0.0226. The van der Waals surface area contributed by atoms with Crippen molar-refractivity contribution in [1.29, 1.82) is 0 Å². The summed E-state index contributed by atoms with van der Waals surface area (Å²) in [7, 11) is 0. The molecule has 5 nitrogen and oxygen atoms in total. The second-order valence-electron chi connectivity index (χ2n) is 5.94. The summed E-state index contributed by atoms with van der Waals surface area (Å²) in [5, 5.41) is 1.79. The molecule has 0 fully saturated rings. The number of para-hydroxylation sites is 1. The lowest BCUT2D eigenvalue weighted by Gasteiger charge is -2.18. The maximum absolute atomic E-state index is 12.7. The van der Waals surface area contributed by atoms with Gasteiger partial charge < -0.3 is 10.7 Å². The number of aromatic amines is 1. The van der Waals surface area contributed by atoms with Crippen molar-refractivity contribution >= 4 is 27.5 Å². The van der Waals surface area contributed by atoms with Crippen LogP contribution in [0.4, 0.5) is 5.69 Å². The van der Waals surface area contributed by atoms with Gasteiger partial charge in [-0.25, -0.2) is 4.98 Å². The highest BCUT2D eigenvalue weighted by atomic mass is 16.1. The second-order valence-corrected chi connectivity index (χ2v) is 5.94. The van der Waals surface area contributed by atoms with Gasteiger partial charge in [0.05, 0.1) is 16.6 Å². The number of nitrogen functional groups attached to an aromatic ring is 1. The molecule has 0 unspecified atom stereocenters. The number of H-pyrrole nitrogens is 1. The third-order valence-corrected chi connectivity index (χ3v) is 4.60. The Hall–Kier alpha value is -3.08. The molecule has 0 atom stereocenters. The lowest BCUT2D eigenvalue weighted by molar-refractivity contribution is 0.653. The molecule has 1 aliphatic rings. The van der Waals surface area contributed by atoms with Crippen molar-refractivity contribution in [2.24, 2.45) is 0 Å². The Labute approximate surface area is 131 Å². The van der Waals surface area contributed by atoms with Crippen LogP contribution in [0.3, 0.4) is 0 Å². The molecule has 0 saturated carbocycles. The standard InChI is InChI=1S/C18H14N4O/c19-10-5-6-15-13(9-10)11-7-8-22-17(16(11)20-15)21-14-4-2-1-3-12(14)18(22)23/h1-6,9,20H,7-8,19H2. The van der Waals surface area contributed by atoms with Gasteiger partial charge in [0.15, 0.2) is 5.82 Å². The lowest BCUT2D eigenvalue weighted by Crippen LogP contribution is -2.27. The van der Waals surface area contributed by atoms with E-state index < -0.39 is 0 Å². The maximum Gasteiger partial charge on any atom is 0.261 e. The minimum atomic E-state index is 0.0226. The molecule has 0 saturated heterocycles. The monoisotopic (exact) mass is 302 g/mol. The van der Waals surface area contributed by atoms with Gasteiger partial charge in [0, 0.05) is 23.1 Å². The first-order valence-electron chi connectivity index (χ1n) is 7.62. The van der Waals surface area contributed by atoms with Crippen molar-refractivity contribution < 1.29 is 0 Å². The molecule has 112 valence electrons. The number of aryl methyl sites for hydroxylation is 1. The summed E-state index contributed by atoms with van der Waals surface area (Å²) in [4.78, 5) is 20.9. The molecule has 3 N–H and O–H groups in total. The summed E-state index contributed by atoms with van der Waals surface area (Å²) in [6, 6.07) is 13.3. The molecule has 0 spiro atoms. The van der Waals surface area contributed by atoms with Gasteiger partial charge in [-0.05, 0) is 42.3 Å². The predicted octanol–water partition coefficient (Wildman–Crippen LogP) is 2.68. The number of benzene rings is 2. The summed E-state index contributed by atoms with van der Waals surface area (Å²) in [5.41, 5.74) is 10.6.